The summed E-state index contributed by atoms with van der Waals surface area (Å²) >= 11 is 3.25. The molecule has 2 amide bonds. The summed E-state index contributed by atoms with van der Waals surface area (Å²) in [5.74, 6) is -0.568. The monoisotopic (exact) mass is 549 g/mol. The second-order valence-electron chi connectivity index (χ2n) is 10.9. The van der Waals surface area contributed by atoms with Crippen molar-refractivity contribution in [2.45, 2.75) is 83.5 Å². The number of carbonyl (C=O) groups is 2. The van der Waals surface area contributed by atoms with Crippen LogP contribution in [0.2, 0.25) is 0 Å². The first-order chi connectivity index (χ1) is 16.4. The Balaban J connectivity index is 1.49. The third-order valence-corrected chi connectivity index (χ3v) is 7.13. The zero-order chi connectivity index (χ0) is 25.5. The molecular weight excluding hydrogens is 517 g/mol. The summed E-state index contributed by atoms with van der Waals surface area (Å²) in [6, 6.07) is 2.99. The normalized spacial score (nSPS) is 22.2. The summed E-state index contributed by atoms with van der Waals surface area (Å²) in [6.07, 6.45) is 3.65. The van der Waals surface area contributed by atoms with Crippen LogP contribution in [-0.4, -0.2) is 61.5 Å². The van der Waals surface area contributed by atoms with Crippen molar-refractivity contribution >= 4 is 27.7 Å². The Hall–Kier alpha value is -2.33. The van der Waals surface area contributed by atoms with Gasteiger partial charge in [-0.25, -0.2) is 9.07 Å². The number of amides is 2. The van der Waals surface area contributed by atoms with Crippen molar-refractivity contribution in [2.75, 3.05) is 6.54 Å². The van der Waals surface area contributed by atoms with Crippen LogP contribution in [0.3, 0.4) is 0 Å². The molecule has 0 radical (unpaired) electrons. The fraction of sp³-hybridized carbons (Fsp3) is 0.600. The predicted molar refractivity (Wildman–Crippen MR) is 132 cm³/mol. The van der Waals surface area contributed by atoms with E-state index in [0.717, 1.165) is 18.5 Å². The van der Waals surface area contributed by atoms with E-state index >= 15 is 0 Å². The maximum absolute atomic E-state index is 14.2. The molecule has 0 spiro atoms. The minimum atomic E-state index is -0.814. The number of nitrogens with zero attached hydrogens (tertiary/aromatic N) is 4. The lowest BCUT2D eigenvalue weighted by atomic mass is 9.85. The highest BCUT2D eigenvalue weighted by Gasteiger charge is 2.45. The molecule has 1 aliphatic carbocycles. The lowest BCUT2D eigenvalue weighted by Gasteiger charge is -2.34. The molecule has 1 saturated carbocycles. The van der Waals surface area contributed by atoms with E-state index in [4.69, 9.17) is 0 Å². The average molecular weight is 550 g/mol. The molecule has 1 saturated heterocycles. The van der Waals surface area contributed by atoms with Gasteiger partial charge in [0.1, 0.15) is 17.9 Å². The highest BCUT2D eigenvalue weighted by molar-refractivity contribution is 9.10. The Morgan fingerprint density at radius 3 is 2.66 bits per heavy atom. The number of β-amino-alcohol motifs (C(OH)–C–C–N with tert-alkyl or cyclic N) is 1. The van der Waals surface area contributed by atoms with Gasteiger partial charge in [-0.1, -0.05) is 48.0 Å². The minimum absolute atomic E-state index is 0.0728. The lowest BCUT2D eigenvalue weighted by molar-refractivity contribution is -0.144. The van der Waals surface area contributed by atoms with Crippen LogP contribution in [0.25, 0.3) is 0 Å². The van der Waals surface area contributed by atoms with Crippen molar-refractivity contribution in [1.29, 1.82) is 0 Å². The minimum Gasteiger partial charge on any atom is -0.391 e. The summed E-state index contributed by atoms with van der Waals surface area (Å²) in [6.45, 7) is 7.71. The largest absolute Gasteiger partial charge is 0.391 e. The number of carbonyl (C=O) groups excluding carboxylic acids is 2. The van der Waals surface area contributed by atoms with E-state index in [1.54, 1.807) is 23.7 Å². The van der Waals surface area contributed by atoms with E-state index in [0.29, 0.717) is 22.4 Å². The number of aliphatic hydroxyl groups excluding tert-OH is 1. The Morgan fingerprint density at radius 1 is 1.31 bits per heavy atom. The molecule has 10 heteroatoms. The van der Waals surface area contributed by atoms with Gasteiger partial charge in [0.15, 0.2) is 0 Å². The van der Waals surface area contributed by atoms with E-state index in [1.165, 1.54) is 11.0 Å². The number of aromatic nitrogens is 3. The second kappa shape index (κ2) is 9.97. The van der Waals surface area contributed by atoms with Gasteiger partial charge in [-0.05, 0) is 49.3 Å². The van der Waals surface area contributed by atoms with Crippen molar-refractivity contribution < 1.29 is 19.1 Å². The maximum atomic E-state index is 14.2. The first kappa shape index (κ1) is 25.8. The molecule has 1 aliphatic heterocycles. The molecule has 35 heavy (non-hydrogen) atoms. The van der Waals surface area contributed by atoms with Crippen LogP contribution in [0, 0.1) is 11.2 Å². The quantitative estimate of drug-likeness (QED) is 0.551. The summed E-state index contributed by atoms with van der Waals surface area (Å²) < 4.78 is 16.5. The lowest BCUT2D eigenvalue weighted by Crippen LogP contribution is -2.51. The molecule has 2 N–H and O–H groups in total. The summed E-state index contributed by atoms with van der Waals surface area (Å²) in [7, 11) is 0. The Labute approximate surface area is 213 Å². The van der Waals surface area contributed by atoms with E-state index in [9.17, 15) is 19.1 Å². The molecule has 190 valence electrons. The number of rotatable bonds is 7. The summed E-state index contributed by atoms with van der Waals surface area (Å²) in [5, 5.41) is 21.8. The smallest absolute Gasteiger partial charge is 0.248 e. The second-order valence-corrected chi connectivity index (χ2v) is 11.8. The molecule has 8 nitrogen and oxygen atoms in total. The van der Waals surface area contributed by atoms with E-state index in [2.05, 4.69) is 31.6 Å². The average Bonchev–Trinajstić information content (AvgIpc) is 3.36. The van der Waals surface area contributed by atoms with Crippen LogP contribution in [0.15, 0.2) is 28.9 Å². The van der Waals surface area contributed by atoms with E-state index < -0.39 is 23.6 Å². The first-order valence-corrected chi connectivity index (χ1v) is 12.9. The number of likely N-dealkylation sites (tertiary alicyclic amines) is 1. The molecule has 2 unspecified atom stereocenters. The van der Waals surface area contributed by atoms with Gasteiger partial charge in [-0.2, -0.15) is 0 Å². The Bertz CT molecular complexity index is 1100. The number of benzene rings is 1. The van der Waals surface area contributed by atoms with Crippen LogP contribution in [-0.2, 0) is 16.0 Å². The SMILES string of the molecule is CC(Cc1ccc(Br)cc1F)NC(=O)[C@@H]1C[C@@H](O)CN1C(=O)C(n1cc(C2CC2)nn1)C(C)(C)C. The number of hydrogen-bond acceptors (Lipinski definition) is 5. The zero-order valence-corrected chi connectivity index (χ0v) is 22.1. The maximum Gasteiger partial charge on any atom is 0.248 e. The van der Waals surface area contributed by atoms with Crippen molar-refractivity contribution in [3.8, 4) is 0 Å². The molecule has 1 aromatic heterocycles. The third kappa shape index (κ3) is 5.91. The third-order valence-electron chi connectivity index (χ3n) is 6.64. The van der Waals surface area contributed by atoms with Crippen LogP contribution in [0.4, 0.5) is 4.39 Å². The van der Waals surface area contributed by atoms with Gasteiger partial charge < -0.3 is 15.3 Å². The van der Waals surface area contributed by atoms with Gasteiger partial charge in [-0.3, -0.25) is 9.59 Å². The molecule has 4 rings (SSSR count). The number of aliphatic hydroxyl groups is 1. The molecule has 1 aromatic carbocycles. The molecule has 2 heterocycles. The Kier molecular flexibility index (Phi) is 7.33. The topological polar surface area (TPSA) is 100 Å². The van der Waals surface area contributed by atoms with Gasteiger partial charge in [0.25, 0.3) is 0 Å². The first-order valence-electron chi connectivity index (χ1n) is 12.1. The standard InChI is InChI=1S/C25H33BrFN5O3/c1-14(9-16-7-8-17(26)10-19(16)27)28-23(34)21-11-18(33)12-31(21)24(35)22(25(2,3)4)32-13-20(29-30-32)15-5-6-15/h7-8,10,13-15,18,21-22,33H,5-6,9,11-12H2,1-4H3,(H,28,34)/t14?,18-,21+,22?/m1/s1. The van der Waals surface area contributed by atoms with Gasteiger partial charge in [0.2, 0.25) is 11.8 Å². The van der Waals surface area contributed by atoms with Crippen LogP contribution < -0.4 is 5.32 Å². The Morgan fingerprint density at radius 2 is 2.03 bits per heavy atom. The number of hydrogen-bond donors (Lipinski definition) is 2. The van der Waals surface area contributed by atoms with Gasteiger partial charge >= 0.3 is 0 Å². The van der Waals surface area contributed by atoms with Crippen molar-refractivity contribution in [3.63, 3.8) is 0 Å². The van der Waals surface area contributed by atoms with Gasteiger partial charge in [0, 0.05) is 35.6 Å². The molecule has 4 atom stereocenters. The van der Waals surface area contributed by atoms with Crippen LogP contribution in [0.1, 0.15) is 70.2 Å². The molecule has 0 bridgehead atoms. The molecule has 2 fully saturated rings. The summed E-state index contributed by atoms with van der Waals surface area (Å²) in [5.41, 5.74) is 0.884. The van der Waals surface area contributed by atoms with Gasteiger partial charge in [0.05, 0.1) is 11.8 Å². The molecular formula is C25H33BrFN5O3. The van der Waals surface area contributed by atoms with E-state index in [1.807, 2.05) is 27.0 Å². The predicted octanol–water partition coefficient (Wildman–Crippen LogP) is 3.35. The number of halogens is 2. The highest BCUT2D eigenvalue weighted by atomic mass is 79.9. The fourth-order valence-corrected chi connectivity index (χ4v) is 5.07. The van der Waals surface area contributed by atoms with Gasteiger partial charge in [-0.15, -0.1) is 5.10 Å². The molecule has 2 aliphatic rings. The van der Waals surface area contributed by atoms with Crippen LogP contribution in [0.5, 0.6) is 0 Å². The highest BCUT2D eigenvalue weighted by Crippen LogP contribution is 2.40. The van der Waals surface area contributed by atoms with Crippen molar-refractivity contribution in [1.82, 2.24) is 25.2 Å². The summed E-state index contributed by atoms with van der Waals surface area (Å²) in [4.78, 5) is 28.5. The zero-order valence-electron chi connectivity index (χ0n) is 20.5. The molecule has 2 aromatic rings. The fourth-order valence-electron chi connectivity index (χ4n) is 4.73. The van der Waals surface area contributed by atoms with Crippen LogP contribution >= 0.6 is 15.9 Å². The van der Waals surface area contributed by atoms with E-state index in [-0.39, 0.29) is 36.6 Å². The van der Waals surface area contributed by atoms with Crippen molar-refractivity contribution in [3.05, 3.63) is 45.9 Å². The van der Waals surface area contributed by atoms with Crippen molar-refractivity contribution in [2.24, 2.45) is 5.41 Å². The number of nitrogens with one attached hydrogen (secondary N) is 1.